The van der Waals surface area contributed by atoms with Crippen LogP contribution in [0.1, 0.15) is 20.8 Å². The molecular weight excluding hydrogens is 266 g/mol. The van der Waals surface area contributed by atoms with Gasteiger partial charge in [0.2, 0.25) is 0 Å². The highest BCUT2D eigenvalue weighted by molar-refractivity contribution is 7.90. The number of nitrogens with zero attached hydrogens (tertiary/aromatic N) is 1. The third kappa shape index (κ3) is 5.59. The van der Waals surface area contributed by atoms with Gasteiger partial charge in [-0.05, 0) is 32.9 Å². The van der Waals surface area contributed by atoms with Crippen molar-refractivity contribution in [2.24, 2.45) is 0 Å². The fourth-order valence-corrected chi connectivity index (χ4v) is 2.68. The first-order chi connectivity index (χ1) is 8.73. The molecule has 0 bridgehead atoms. The quantitative estimate of drug-likeness (QED) is 0.859. The monoisotopic (exact) mass is 283 g/mol. The van der Waals surface area contributed by atoms with Gasteiger partial charge in [0.15, 0.2) is 6.61 Å². The van der Waals surface area contributed by atoms with E-state index < -0.39 is 15.7 Å². The predicted octanol–water partition coefficient (Wildman–Crippen LogP) is 1.63. The summed E-state index contributed by atoms with van der Waals surface area (Å²) in [5.74, 6) is 0.309. The zero-order chi connectivity index (χ0) is 14.5. The van der Waals surface area contributed by atoms with Crippen LogP contribution in [0.25, 0.3) is 0 Å². The molecule has 0 aliphatic carbocycles. The highest BCUT2D eigenvalue weighted by Gasteiger charge is 2.20. The van der Waals surface area contributed by atoms with Crippen molar-refractivity contribution in [3.63, 3.8) is 0 Å². The summed E-state index contributed by atoms with van der Waals surface area (Å²) in [6, 6.07) is 8.35. The molecule has 19 heavy (non-hydrogen) atoms. The van der Waals surface area contributed by atoms with Gasteiger partial charge in [0.25, 0.3) is 10.2 Å². The largest absolute Gasteiger partial charge is 0.477 e. The van der Waals surface area contributed by atoms with Crippen molar-refractivity contribution >= 4 is 15.9 Å². The van der Waals surface area contributed by atoms with Crippen molar-refractivity contribution in [2.45, 2.75) is 26.3 Å². The zero-order valence-corrected chi connectivity index (χ0v) is 11.9. The number of hydrogen-bond donors (Lipinski definition) is 2. The minimum absolute atomic E-state index is 0.147. The van der Waals surface area contributed by atoms with E-state index in [1.807, 2.05) is 6.07 Å². The topological polar surface area (TPSA) is 91.2 Å². The van der Waals surface area contributed by atoms with Gasteiger partial charge in [-0.3, -0.25) is 4.72 Å². The van der Waals surface area contributed by atoms with E-state index in [0.29, 0.717) is 5.75 Å². The normalized spacial score (nSPS) is 11.7. The first-order valence-electron chi connectivity index (χ1n) is 5.64. The molecular formula is C12H17N3O3S. The van der Waals surface area contributed by atoms with E-state index >= 15 is 0 Å². The number of anilines is 1. The summed E-state index contributed by atoms with van der Waals surface area (Å²) in [4.78, 5) is 0. The fraction of sp³-hybridized carbons (Fsp3) is 0.417. The summed E-state index contributed by atoms with van der Waals surface area (Å²) in [6.07, 6.45) is 0. The summed E-state index contributed by atoms with van der Waals surface area (Å²) in [5.41, 5.74) is -0.302. The van der Waals surface area contributed by atoms with Crippen LogP contribution in [0.2, 0.25) is 0 Å². The second-order valence-electron chi connectivity index (χ2n) is 4.90. The number of ether oxygens (including phenoxy) is 1. The molecule has 0 aliphatic rings. The molecule has 0 spiro atoms. The van der Waals surface area contributed by atoms with Gasteiger partial charge in [0, 0.05) is 5.54 Å². The maximum absolute atomic E-state index is 11.9. The predicted molar refractivity (Wildman–Crippen MR) is 73.0 cm³/mol. The molecule has 0 radical (unpaired) electrons. The van der Waals surface area contributed by atoms with E-state index in [1.165, 1.54) is 0 Å². The van der Waals surface area contributed by atoms with Gasteiger partial charge in [-0.2, -0.15) is 18.4 Å². The van der Waals surface area contributed by atoms with Crippen LogP contribution in [-0.4, -0.2) is 20.6 Å². The van der Waals surface area contributed by atoms with Crippen molar-refractivity contribution in [1.82, 2.24) is 4.72 Å². The molecule has 0 saturated heterocycles. The van der Waals surface area contributed by atoms with Gasteiger partial charge in [0.05, 0.1) is 5.69 Å². The molecule has 0 aromatic heterocycles. The highest BCUT2D eigenvalue weighted by atomic mass is 32.2. The number of hydrogen-bond acceptors (Lipinski definition) is 4. The summed E-state index contributed by atoms with van der Waals surface area (Å²) in [7, 11) is -3.70. The molecule has 0 fully saturated rings. The molecule has 0 heterocycles. The van der Waals surface area contributed by atoms with Crippen molar-refractivity contribution in [3.05, 3.63) is 24.3 Å². The van der Waals surface area contributed by atoms with Crippen molar-refractivity contribution < 1.29 is 13.2 Å². The van der Waals surface area contributed by atoms with Crippen LogP contribution in [0.4, 0.5) is 5.69 Å². The molecule has 1 aromatic carbocycles. The summed E-state index contributed by atoms with van der Waals surface area (Å²) < 4.78 is 33.8. The van der Waals surface area contributed by atoms with Crippen LogP contribution < -0.4 is 14.2 Å². The minimum atomic E-state index is -3.70. The van der Waals surface area contributed by atoms with Crippen LogP contribution in [0, 0.1) is 11.3 Å². The standard InChI is InChI=1S/C12H17N3O3S/c1-12(2,3)15-19(16,17)14-10-6-4-5-7-11(10)18-9-8-13/h4-7,14-15H,9H2,1-3H3. The Labute approximate surface area is 113 Å². The molecule has 2 N–H and O–H groups in total. The van der Waals surface area contributed by atoms with E-state index in [1.54, 1.807) is 45.0 Å². The molecule has 0 atom stereocenters. The number of benzene rings is 1. The molecule has 0 unspecified atom stereocenters. The van der Waals surface area contributed by atoms with Gasteiger partial charge >= 0.3 is 0 Å². The molecule has 0 aliphatic heterocycles. The van der Waals surface area contributed by atoms with Crippen molar-refractivity contribution in [2.75, 3.05) is 11.3 Å². The van der Waals surface area contributed by atoms with Crippen molar-refractivity contribution in [3.8, 4) is 11.8 Å². The van der Waals surface area contributed by atoms with E-state index in [0.717, 1.165) is 0 Å². The van der Waals surface area contributed by atoms with E-state index in [2.05, 4.69) is 9.44 Å². The smallest absolute Gasteiger partial charge is 0.299 e. The van der Waals surface area contributed by atoms with Crippen LogP contribution >= 0.6 is 0 Å². The number of nitrogens with one attached hydrogen (secondary N) is 2. The summed E-state index contributed by atoms with van der Waals surface area (Å²) in [5, 5.41) is 8.48. The second kappa shape index (κ2) is 5.91. The van der Waals surface area contributed by atoms with Gasteiger partial charge in [-0.15, -0.1) is 0 Å². The Bertz CT molecular complexity index is 571. The maximum atomic E-state index is 11.9. The average Bonchev–Trinajstić information content (AvgIpc) is 2.24. The van der Waals surface area contributed by atoms with Gasteiger partial charge in [-0.25, -0.2) is 0 Å². The molecule has 1 rings (SSSR count). The van der Waals surface area contributed by atoms with Gasteiger partial charge in [-0.1, -0.05) is 12.1 Å². The Hall–Kier alpha value is -1.78. The lowest BCUT2D eigenvalue weighted by Crippen LogP contribution is -2.43. The van der Waals surface area contributed by atoms with Crippen LogP contribution in [0.3, 0.4) is 0 Å². The Kier molecular flexibility index (Phi) is 4.75. The molecule has 0 amide bonds. The zero-order valence-electron chi connectivity index (χ0n) is 11.1. The number of rotatable bonds is 5. The molecule has 0 saturated carbocycles. The summed E-state index contributed by atoms with van der Waals surface area (Å²) >= 11 is 0. The molecule has 104 valence electrons. The Morgan fingerprint density at radius 1 is 1.32 bits per heavy atom. The summed E-state index contributed by atoms with van der Waals surface area (Å²) in [6.45, 7) is 5.07. The highest BCUT2D eigenvalue weighted by Crippen LogP contribution is 2.24. The molecule has 7 heteroatoms. The minimum Gasteiger partial charge on any atom is -0.477 e. The molecule has 1 aromatic rings. The lowest BCUT2D eigenvalue weighted by molar-refractivity contribution is 0.370. The third-order valence-corrected chi connectivity index (χ3v) is 3.23. The lowest BCUT2D eigenvalue weighted by atomic mass is 10.1. The first kappa shape index (κ1) is 15.3. The van der Waals surface area contributed by atoms with Crippen LogP contribution in [-0.2, 0) is 10.2 Å². The fourth-order valence-electron chi connectivity index (χ4n) is 1.36. The second-order valence-corrected chi connectivity index (χ2v) is 6.32. The Morgan fingerprint density at radius 3 is 2.53 bits per heavy atom. The lowest BCUT2D eigenvalue weighted by Gasteiger charge is -2.21. The van der Waals surface area contributed by atoms with Crippen LogP contribution in [0.5, 0.6) is 5.75 Å². The SMILES string of the molecule is CC(C)(C)NS(=O)(=O)Nc1ccccc1OCC#N. The Balaban J connectivity index is 2.91. The van der Waals surface area contributed by atoms with Crippen LogP contribution in [0.15, 0.2) is 24.3 Å². The third-order valence-electron chi connectivity index (χ3n) is 1.86. The first-order valence-corrected chi connectivity index (χ1v) is 7.12. The average molecular weight is 283 g/mol. The maximum Gasteiger partial charge on any atom is 0.299 e. The van der Waals surface area contributed by atoms with E-state index in [9.17, 15) is 8.42 Å². The number of nitriles is 1. The number of para-hydroxylation sites is 2. The molecule has 6 nitrogen and oxygen atoms in total. The Morgan fingerprint density at radius 2 is 1.95 bits per heavy atom. The van der Waals surface area contributed by atoms with Gasteiger partial charge < -0.3 is 4.74 Å². The van der Waals surface area contributed by atoms with E-state index in [4.69, 9.17) is 10.00 Å². The van der Waals surface area contributed by atoms with E-state index in [-0.39, 0.29) is 12.3 Å². The van der Waals surface area contributed by atoms with Gasteiger partial charge in [0.1, 0.15) is 11.8 Å². The van der Waals surface area contributed by atoms with Crippen molar-refractivity contribution in [1.29, 1.82) is 5.26 Å².